The van der Waals surface area contributed by atoms with Crippen molar-refractivity contribution in [1.82, 2.24) is 5.32 Å². The van der Waals surface area contributed by atoms with Gasteiger partial charge in [-0.15, -0.1) is 0 Å². The van der Waals surface area contributed by atoms with E-state index in [2.05, 4.69) is 5.32 Å². The van der Waals surface area contributed by atoms with Crippen LogP contribution in [0.1, 0.15) is 25.3 Å². The molecular weight excluding hydrogens is 324 g/mol. The number of nitrogens with one attached hydrogen (secondary N) is 1. The van der Waals surface area contributed by atoms with E-state index in [1.54, 1.807) is 24.3 Å². The minimum absolute atomic E-state index is 0.0846. The molecule has 1 aromatic carbocycles. The predicted octanol–water partition coefficient (Wildman–Crippen LogP) is 1.82. The largest absolute Gasteiger partial charge is 0.493 e. The van der Waals surface area contributed by atoms with Crippen molar-refractivity contribution in [3.8, 4) is 17.6 Å². The molecule has 132 valence electrons. The lowest BCUT2D eigenvalue weighted by molar-refractivity contribution is -0.150. The maximum Gasteiger partial charge on any atom is 0.331 e. The number of carbonyl (C=O) groups excluding carboxylic acids is 2. The minimum Gasteiger partial charge on any atom is -0.493 e. The van der Waals surface area contributed by atoms with E-state index in [4.69, 9.17) is 19.5 Å². The molecule has 0 radical (unpaired) electrons. The van der Waals surface area contributed by atoms with Crippen LogP contribution >= 0.6 is 0 Å². The van der Waals surface area contributed by atoms with Crippen LogP contribution in [0.4, 0.5) is 0 Å². The maximum absolute atomic E-state index is 11.8. The van der Waals surface area contributed by atoms with E-state index >= 15 is 0 Å². The second-order valence-corrected chi connectivity index (χ2v) is 5.55. The van der Waals surface area contributed by atoms with Crippen LogP contribution in [-0.4, -0.2) is 37.7 Å². The summed E-state index contributed by atoms with van der Waals surface area (Å²) in [5, 5.41) is 11.3. The van der Waals surface area contributed by atoms with Gasteiger partial charge in [-0.2, -0.15) is 5.26 Å². The highest BCUT2D eigenvalue weighted by molar-refractivity contribution is 5.90. The number of esters is 1. The van der Waals surface area contributed by atoms with E-state index in [9.17, 15) is 9.59 Å². The van der Waals surface area contributed by atoms with Gasteiger partial charge in [-0.25, -0.2) is 4.79 Å². The zero-order valence-corrected chi connectivity index (χ0v) is 14.2. The van der Waals surface area contributed by atoms with Gasteiger partial charge in [0.25, 0.3) is 5.91 Å². The highest BCUT2D eigenvalue weighted by Crippen LogP contribution is 2.28. The first-order chi connectivity index (χ1) is 12.0. The molecule has 0 bridgehead atoms. The monoisotopic (exact) mass is 344 g/mol. The smallest absolute Gasteiger partial charge is 0.331 e. The van der Waals surface area contributed by atoms with Gasteiger partial charge in [-0.05, 0) is 43.5 Å². The summed E-state index contributed by atoms with van der Waals surface area (Å²) in [5.41, 5.74) is 0.688. The van der Waals surface area contributed by atoms with Gasteiger partial charge in [0.2, 0.25) is 0 Å². The van der Waals surface area contributed by atoms with Crippen LogP contribution < -0.4 is 14.8 Å². The highest BCUT2D eigenvalue weighted by atomic mass is 16.5. The number of rotatable bonds is 8. The van der Waals surface area contributed by atoms with Crippen molar-refractivity contribution in [2.45, 2.75) is 31.9 Å². The molecule has 1 fully saturated rings. The molecule has 1 aliphatic carbocycles. The summed E-state index contributed by atoms with van der Waals surface area (Å²) in [6.45, 7) is 1.45. The Morgan fingerprint density at radius 2 is 2.16 bits per heavy atom. The molecule has 7 nitrogen and oxygen atoms in total. The summed E-state index contributed by atoms with van der Waals surface area (Å²) >= 11 is 0. The van der Waals surface area contributed by atoms with Gasteiger partial charge in [0, 0.05) is 12.1 Å². The second kappa shape index (κ2) is 8.73. The Bertz CT molecular complexity index is 704. The topological polar surface area (TPSA) is 97.7 Å². The fourth-order valence-electron chi connectivity index (χ4n) is 1.99. The number of carbonyl (C=O) groups is 2. The van der Waals surface area contributed by atoms with Gasteiger partial charge in [0.1, 0.15) is 6.07 Å². The van der Waals surface area contributed by atoms with Crippen molar-refractivity contribution in [3.63, 3.8) is 0 Å². The van der Waals surface area contributed by atoms with Crippen LogP contribution in [0.2, 0.25) is 0 Å². The number of hydrogen-bond acceptors (Lipinski definition) is 6. The fraction of sp³-hybridized carbons (Fsp3) is 0.389. The molecule has 1 aliphatic rings. The standard InChI is InChI=1S/C18H20N2O5/c1-12(18(22)20-14-5-6-14)25-17(21)8-4-13-3-7-15(24-10-9-19)16(11-13)23-2/h3-4,7-8,11-12,14H,5-6,10H2,1-2H3,(H,20,22)/b8-4+/t12-/m1/s1. The van der Waals surface area contributed by atoms with Crippen LogP contribution in [0.5, 0.6) is 11.5 Å². The SMILES string of the molecule is COc1cc(/C=C/C(=O)O[C@H](C)C(=O)NC2CC2)ccc1OCC#N. The van der Waals surface area contributed by atoms with Crippen LogP contribution in [0.3, 0.4) is 0 Å². The third-order valence-corrected chi connectivity index (χ3v) is 3.48. The fourth-order valence-corrected chi connectivity index (χ4v) is 1.99. The molecule has 0 aliphatic heterocycles. The van der Waals surface area contributed by atoms with Crippen molar-refractivity contribution in [3.05, 3.63) is 29.8 Å². The molecule has 0 saturated heterocycles. The van der Waals surface area contributed by atoms with Crippen molar-refractivity contribution in [2.24, 2.45) is 0 Å². The number of hydrogen-bond donors (Lipinski definition) is 1. The Hall–Kier alpha value is -3.01. The first-order valence-electron chi connectivity index (χ1n) is 7.90. The number of nitrogens with zero attached hydrogens (tertiary/aromatic N) is 1. The number of ether oxygens (including phenoxy) is 3. The summed E-state index contributed by atoms with van der Waals surface area (Å²) in [5.74, 6) is -0.00998. The Kier molecular flexibility index (Phi) is 6.40. The van der Waals surface area contributed by atoms with E-state index in [1.807, 2.05) is 6.07 Å². The second-order valence-electron chi connectivity index (χ2n) is 5.55. The summed E-state index contributed by atoms with van der Waals surface area (Å²) in [4.78, 5) is 23.6. The maximum atomic E-state index is 11.8. The van der Waals surface area contributed by atoms with Crippen LogP contribution in [0.15, 0.2) is 24.3 Å². The molecule has 0 aromatic heterocycles. The molecule has 1 atom stereocenters. The average Bonchev–Trinajstić information content (AvgIpc) is 3.42. The van der Waals surface area contributed by atoms with E-state index in [0.29, 0.717) is 17.1 Å². The lowest BCUT2D eigenvalue weighted by atomic mass is 10.2. The first-order valence-corrected chi connectivity index (χ1v) is 7.90. The number of methoxy groups -OCH3 is 1. The number of benzene rings is 1. The van der Waals surface area contributed by atoms with Crippen LogP contribution in [-0.2, 0) is 14.3 Å². The lowest BCUT2D eigenvalue weighted by Gasteiger charge is -2.11. The Morgan fingerprint density at radius 3 is 2.80 bits per heavy atom. The average molecular weight is 344 g/mol. The van der Waals surface area contributed by atoms with Gasteiger partial charge in [-0.1, -0.05) is 6.07 Å². The molecule has 1 amide bonds. The lowest BCUT2D eigenvalue weighted by Crippen LogP contribution is -2.36. The molecule has 7 heteroatoms. The molecule has 1 N–H and O–H groups in total. The summed E-state index contributed by atoms with van der Waals surface area (Å²) < 4.78 is 15.5. The highest BCUT2D eigenvalue weighted by Gasteiger charge is 2.26. The van der Waals surface area contributed by atoms with E-state index in [-0.39, 0.29) is 18.6 Å². The number of amides is 1. The first kappa shape index (κ1) is 18.3. The number of nitriles is 1. The van der Waals surface area contributed by atoms with Crippen molar-refractivity contribution in [1.29, 1.82) is 5.26 Å². The molecule has 0 spiro atoms. The molecule has 2 rings (SSSR count). The summed E-state index contributed by atoms with van der Waals surface area (Å²) in [7, 11) is 1.48. The molecule has 1 saturated carbocycles. The minimum atomic E-state index is -0.839. The zero-order chi connectivity index (χ0) is 18.2. The Labute approximate surface area is 146 Å². The zero-order valence-electron chi connectivity index (χ0n) is 14.2. The molecule has 1 aromatic rings. The van der Waals surface area contributed by atoms with Gasteiger partial charge < -0.3 is 19.5 Å². The molecule has 25 heavy (non-hydrogen) atoms. The van der Waals surface area contributed by atoms with E-state index in [0.717, 1.165) is 12.8 Å². The van der Waals surface area contributed by atoms with Crippen molar-refractivity contribution in [2.75, 3.05) is 13.7 Å². The quantitative estimate of drug-likeness (QED) is 0.571. The molecule has 0 unspecified atom stereocenters. The van der Waals surface area contributed by atoms with E-state index in [1.165, 1.54) is 20.1 Å². The van der Waals surface area contributed by atoms with Gasteiger partial charge in [0.05, 0.1) is 7.11 Å². The van der Waals surface area contributed by atoms with Crippen molar-refractivity contribution >= 4 is 18.0 Å². The Morgan fingerprint density at radius 1 is 1.40 bits per heavy atom. The molecule has 0 heterocycles. The summed E-state index contributed by atoms with van der Waals surface area (Å²) in [6, 6.07) is 7.12. The van der Waals surface area contributed by atoms with E-state index < -0.39 is 12.1 Å². The summed E-state index contributed by atoms with van der Waals surface area (Å²) in [6.07, 6.45) is 3.90. The predicted molar refractivity (Wildman–Crippen MR) is 89.9 cm³/mol. The van der Waals surface area contributed by atoms with Crippen LogP contribution in [0.25, 0.3) is 6.08 Å². The normalized spacial score (nSPS) is 14.4. The van der Waals surface area contributed by atoms with Crippen LogP contribution in [0, 0.1) is 11.3 Å². The van der Waals surface area contributed by atoms with Gasteiger partial charge >= 0.3 is 5.97 Å². The Balaban J connectivity index is 1.92. The van der Waals surface area contributed by atoms with Crippen molar-refractivity contribution < 1.29 is 23.8 Å². The van der Waals surface area contributed by atoms with Gasteiger partial charge in [0.15, 0.2) is 24.2 Å². The van der Waals surface area contributed by atoms with Gasteiger partial charge in [-0.3, -0.25) is 4.79 Å². The molecular formula is C18H20N2O5. The third kappa shape index (κ3) is 5.84. The third-order valence-electron chi connectivity index (χ3n) is 3.48.